The summed E-state index contributed by atoms with van der Waals surface area (Å²) in [6, 6.07) is 5.70. The molecule has 2 atom stereocenters. The average molecular weight is 264 g/mol. The van der Waals surface area contributed by atoms with Crippen LogP contribution in [-0.2, 0) is 9.53 Å². The molecule has 1 heterocycles. The van der Waals surface area contributed by atoms with Gasteiger partial charge in [0.25, 0.3) is 5.91 Å². The van der Waals surface area contributed by atoms with Gasteiger partial charge >= 0.3 is 0 Å². The topological polar surface area (TPSA) is 59.6 Å². The van der Waals surface area contributed by atoms with Crippen molar-refractivity contribution < 1.29 is 14.3 Å². The molecule has 0 spiro atoms. The summed E-state index contributed by atoms with van der Waals surface area (Å²) in [7, 11) is 1.70. The number of fused-ring (bicyclic) bond motifs is 1. The predicted octanol–water partition coefficient (Wildman–Crippen LogP) is 2.10. The molecular formula is C14H20N2O3. The van der Waals surface area contributed by atoms with E-state index in [9.17, 15) is 4.79 Å². The monoisotopic (exact) mass is 264 g/mol. The van der Waals surface area contributed by atoms with Gasteiger partial charge < -0.3 is 20.1 Å². The van der Waals surface area contributed by atoms with Crippen LogP contribution in [0.1, 0.15) is 13.8 Å². The molecule has 0 bridgehead atoms. The number of carbonyl (C=O) groups excluding carboxylic acids is 1. The Labute approximate surface area is 113 Å². The summed E-state index contributed by atoms with van der Waals surface area (Å²) >= 11 is 0. The number of ether oxygens (including phenoxy) is 2. The summed E-state index contributed by atoms with van der Waals surface area (Å²) < 4.78 is 10.6. The summed E-state index contributed by atoms with van der Waals surface area (Å²) in [5.74, 6) is 1.02. The van der Waals surface area contributed by atoms with Crippen LogP contribution in [0.2, 0.25) is 0 Å². The molecular weight excluding hydrogens is 244 g/mol. The number of amides is 1. The first-order chi connectivity index (χ1) is 9.10. The molecule has 0 saturated carbocycles. The maximum absolute atomic E-state index is 11.5. The molecule has 104 valence electrons. The molecule has 1 aromatic rings. The van der Waals surface area contributed by atoms with E-state index in [0.29, 0.717) is 17.4 Å². The molecule has 1 aliphatic heterocycles. The Kier molecular flexibility index (Phi) is 4.27. The van der Waals surface area contributed by atoms with Gasteiger partial charge in [0.2, 0.25) is 0 Å². The summed E-state index contributed by atoms with van der Waals surface area (Å²) in [5.41, 5.74) is 1.67. The molecule has 1 amide bonds. The van der Waals surface area contributed by atoms with E-state index in [-0.39, 0.29) is 5.91 Å². The van der Waals surface area contributed by atoms with Crippen molar-refractivity contribution in [2.24, 2.45) is 5.92 Å². The fourth-order valence-electron chi connectivity index (χ4n) is 1.95. The zero-order chi connectivity index (χ0) is 13.8. The van der Waals surface area contributed by atoms with Gasteiger partial charge in [-0.15, -0.1) is 0 Å². The van der Waals surface area contributed by atoms with Gasteiger partial charge in [-0.05, 0) is 31.0 Å². The maximum Gasteiger partial charge on any atom is 0.265 e. The third-order valence-electron chi connectivity index (χ3n) is 3.02. The summed E-state index contributed by atoms with van der Waals surface area (Å²) in [6.45, 7) is 5.38. The Morgan fingerprint density at radius 2 is 2.32 bits per heavy atom. The van der Waals surface area contributed by atoms with Gasteiger partial charge in [-0.25, -0.2) is 0 Å². The number of anilines is 2. The van der Waals surface area contributed by atoms with Crippen molar-refractivity contribution in [3.63, 3.8) is 0 Å². The molecule has 0 aromatic heterocycles. The average Bonchev–Trinajstić information content (AvgIpc) is 2.38. The SMILES string of the molecule is COCC(C)CNc1ccc2c(c1)NC(=O)C(C)O2. The van der Waals surface area contributed by atoms with Gasteiger partial charge in [0.15, 0.2) is 6.10 Å². The van der Waals surface area contributed by atoms with Crippen molar-refractivity contribution in [3.8, 4) is 5.75 Å². The molecule has 5 heteroatoms. The fraction of sp³-hybridized carbons (Fsp3) is 0.500. The van der Waals surface area contributed by atoms with Gasteiger partial charge in [0.05, 0.1) is 12.3 Å². The minimum Gasteiger partial charge on any atom is -0.479 e. The second kappa shape index (κ2) is 5.93. The summed E-state index contributed by atoms with van der Waals surface area (Å²) in [4.78, 5) is 11.5. The van der Waals surface area contributed by atoms with Crippen LogP contribution in [0.3, 0.4) is 0 Å². The predicted molar refractivity (Wildman–Crippen MR) is 74.7 cm³/mol. The van der Waals surface area contributed by atoms with Crippen LogP contribution in [-0.4, -0.2) is 32.3 Å². The number of carbonyl (C=O) groups is 1. The highest BCUT2D eigenvalue weighted by Crippen LogP contribution is 2.32. The van der Waals surface area contributed by atoms with E-state index in [1.165, 1.54) is 0 Å². The summed E-state index contributed by atoms with van der Waals surface area (Å²) in [6.07, 6.45) is -0.437. The Hall–Kier alpha value is -1.75. The zero-order valence-corrected chi connectivity index (χ0v) is 11.5. The standard InChI is InChI=1S/C14H20N2O3/c1-9(8-18-3)7-15-11-4-5-13-12(6-11)16-14(17)10(2)19-13/h4-6,9-10,15H,7-8H2,1-3H3,(H,16,17). The van der Waals surface area contributed by atoms with Crippen LogP contribution in [0.25, 0.3) is 0 Å². The van der Waals surface area contributed by atoms with Gasteiger partial charge in [0, 0.05) is 19.3 Å². The molecule has 1 aliphatic rings. The van der Waals surface area contributed by atoms with E-state index in [1.54, 1.807) is 14.0 Å². The van der Waals surface area contributed by atoms with Crippen molar-refractivity contribution in [1.29, 1.82) is 0 Å². The third kappa shape index (κ3) is 3.38. The van der Waals surface area contributed by atoms with Crippen molar-refractivity contribution in [2.45, 2.75) is 20.0 Å². The Balaban J connectivity index is 2.01. The molecule has 0 saturated heterocycles. The second-order valence-electron chi connectivity index (χ2n) is 4.90. The fourth-order valence-corrected chi connectivity index (χ4v) is 1.95. The number of nitrogens with one attached hydrogen (secondary N) is 2. The van der Waals surface area contributed by atoms with Crippen LogP contribution >= 0.6 is 0 Å². The Bertz CT molecular complexity index is 462. The van der Waals surface area contributed by atoms with Crippen LogP contribution in [0.5, 0.6) is 5.75 Å². The lowest BCUT2D eigenvalue weighted by Gasteiger charge is -2.24. The second-order valence-corrected chi connectivity index (χ2v) is 4.90. The molecule has 2 N–H and O–H groups in total. The van der Waals surface area contributed by atoms with Crippen LogP contribution in [0, 0.1) is 5.92 Å². The van der Waals surface area contributed by atoms with Crippen LogP contribution in [0.4, 0.5) is 11.4 Å². The molecule has 2 unspecified atom stereocenters. The molecule has 0 fully saturated rings. The van der Waals surface area contributed by atoms with E-state index < -0.39 is 6.10 Å². The molecule has 1 aromatic carbocycles. The number of hydrogen-bond donors (Lipinski definition) is 2. The Morgan fingerprint density at radius 3 is 3.05 bits per heavy atom. The number of hydrogen-bond acceptors (Lipinski definition) is 4. The molecule has 5 nitrogen and oxygen atoms in total. The largest absolute Gasteiger partial charge is 0.479 e. The van der Waals surface area contributed by atoms with Crippen LogP contribution < -0.4 is 15.4 Å². The van der Waals surface area contributed by atoms with Crippen molar-refractivity contribution >= 4 is 17.3 Å². The van der Waals surface area contributed by atoms with Crippen LogP contribution in [0.15, 0.2) is 18.2 Å². The highest BCUT2D eigenvalue weighted by atomic mass is 16.5. The molecule has 0 aliphatic carbocycles. The van der Waals surface area contributed by atoms with Crippen molar-refractivity contribution in [1.82, 2.24) is 0 Å². The third-order valence-corrected chi connectivity index (χ3v) is 3.02. The smallest absolute Gasteiger partial charge is 0.265 e. The van der Waals surface area contributed by atoms with E-state index in [4.69, 9.17) is 9.47 Å². The zero-order valence-electron chi connectivity index (χ0n) is 11.5. The lowest BCUT2D eigenvalue weighted by atomic mass is 10.1. The lowest BCUT2D eigenvalue weighted by molar-refractivity contribution is -0.122. The Morgan fingerprint density at radius 1 is 1.53 bits per heavy atom. The van der Waals surface area contributed by atoms with E-state index in [1.807, 2.05) is 18.2 Å². The molecule has 2 rings (SSSR count). The van der Waals surface area contributed by atoms with E-state index in [0.717, 1.165) is 18.8 Å². The lowest BCUT2D eigenvalue weighted by Crippen LogP contribution is -2.34. The van der Waals surface area contributed by atoms with Gasteiger partial charge in [-0.2, -0.15) is 0 Å². The first kappa shape index (κ1) is 13.7. The van der Waals surface area contributed by atoms with Crippen molar-refractivity contribution in [3.05, 3.63) is 18.2 Å². The maximum atomic E-state index is 11.5. The number of benzene rings is 1. The van der Waals surface area contributed by atoms with Gasteiger partial charge in [-0.3, -0.25) is 4.79 Å². The highest BCUT2D eigenvalue weighted by molar-refractivity contribution is 5.98. The first-order valence-electron chi connectivity index (χ1n) is 6.44. The molecule has 0 radical (unpaired) electrons. The minimum absolute atomic E-state index is 0.114. The number of methoxy groups -OCH3 is 1. The van der Waals surface area contributed by atoms with E-state index in [2.05, 4.69) is 17.6 Å². The number of rotatable bonds is 5. The normalized spacial score (nSPS) is 19.1. The molecule has 19 heavy (non-hydrogen) atoms. The van der Waals surface area contributed by atoms with Gasteiger partial charge in [-0.1, -0.05) is 6.92 Å². The quantitative estimate of drug-likeness (QED) is 0.855. The van der Waals surface area contributed by atoms with Gasteiger partial charge in [0.1, 0.15) is 5.75 Å². The van der Waals surface area contributed by atoms with Crippen molar-refractivity contribution in [2.75, 3.05) is 30.9 Å². The van der Waals surface area contributed by atoms with E-state index >= 15 is 0 Å². The minimum atomic E-state index is -0.437. The summed E-state index contributed by atoms with van der Waals surface area (Å²) in [5, 5.41) is 6.15. The first-order valence-corrected chi connectivity index (χ1v) is 6.44. The highest BCUT2D eigenvalue weighted by Gasteiger charge is 2.23.